The summed E-state index contributed by atoms with van der Waals surface area (Å²) in [6.07, 6.45) is 1.64. The van der Waals surface area contributed by atoms with Gasteiger partial charge in [0.2, 0.25) is 6.79 Å². The molecule has 2 N–H and O–H groups in total. The second-order valence-corrected chi connectivity index (χ2v) is 7.89. The molecule has 29 heavy (non-hydrogen) atoms. The molecule has 0 atom stereocenters. The lowest BCUT2D eigenvalue weighted by Crippen LogP contribution is -2.23. The van der Waals surface area contributed by atoms with E-state index in [-0.39, 0.29) is 23.8 Å². The molecule has 1 aromatic heterocycles. The maximum absolute atomic E-state index is 12.7. The van der Waals surface area contributed by atoms with E-state index in [2.05, 4.69) is 15.0 Å². The average molecular weight is 411 g/mol. The van der Waals surface area contributed by atoms with Gasteiger partial charge in [-0.25, -0.2) is 8.42 Å². The number of amides is 1. The number of nitrogens with zero attached hydrogens (tertiary/aromatic N) is 1. The first kappa shape index (κ1) is 18.8. The molecule has 1 amide bonds. The number of sulfonamides is 1. The number of hydrogen-bond donors (Lipinski definition) is 2. The topological polar surface area (TPSA) is 107 Å². The fraction of sp³-hybridized carbons (Fsp3) is 0.100. The molecule has 0 unspecified atom stereocenters. The zero-order chi connectivity index (χ0) is 20.3. The molecule has 3 aromatic rings. The molecule has 0 saturated heterocycles. The fourth-order valence-electron chi connectivity index (χ4n) is 2.75. The zero-order valence-corrected chi connectivity index (χ0v) is 16.0. The molecule has 4 rings (SSSR count). The van der Waals surface area contributed by atoms with E-state index in [1.54, 1.807) is 42.6 Å². The monoisotopic (exact) mass is 411 g/mol. The van der Waals surface area contributed by atoms with Crippen molar-refractivity contribution in [3.63, 3.8) is 0 Å². The minimum Gasteiger partial charge on any atom is -0.454 e. The van der Waals surface area contributed by atoms with Crippen molar-refractivity contribution in [2.24, 2.45) is 0 Å². The van der Waals surface area contributed by atoms with Crippen LogP contribution in [-0.4, -0.2) is 26.1 Å². The summed E-state index contributed by atoms with van der Waals surface area (Å²) in [6.45, 7) is 0.341. The third-order valence-electron chi connectivity index (χ3n) is 4.19. The van der Waals surface area contributed by atoms with Gasteiger partial charge in [0.15, 0.2) is 11.5 Å². The van der Waals surface area contributed by atoms with E-state index in [0.29, 0.717) is 22.9 Å². The van der Waals surface area contributed by atoms with Crippen LogP contribution in [0.25, 0.3) is 0 Å². The number of benzene rings is 2. The van der Waals surface area contributed by atoms with Crippen molar-refractivity contribution in [2.75, 3.05) is 11.5 Å². The summed E-state index contributed by atoms with van der Waals surface area (Å²) in [6, 6.07) is 16.0. The highest BCUT2D eigenvalue weighted by Gasteiger charge is 2.19. The minimum absolute atomic E-state index is 0.0272. The number of carbonyl (C=O) groups excluding carboxylic acids is 1. The van der Waals surface area contributed by atoms with Crippen LogP contribution in [0.2, 0.25) is 0 Å². The smallest absolute Gasteiger partial charge is 0.261 e. The standard InChI is InChI=1S/C20H17N3O5S/c24-20(22-12-16-5-1-2-9-21-16)14-4-3-6-17(10-14)29(25,26)23-15-7-8-18-19(11-15)28-13-27-18/h1-11,23H,12-13H2,(H,22,24). The van der Waals surface area contributed by atoms with Crippen LogP contribution < -0.4 is 19.5 Å². The highest BCUT2D eigenvalue weighted by molar-refractivity contribution is 7.92. The van der Waals surface area contributed by atoms with Gasteiger partial charge >= 0.3 is 0 Å². The number of hydrogen-bond acceptors (Lipinski definition) is 6. The van der Waals surface area contributed by atoms with E-state index in [4.69, 9.17) is 9.47 Å². The Kier molecular flexibility index (Phi) is 5.05. The Bertz CT molecular complexity index is 1150. The van der Waals surface area contributed by atoms with Crippen molar-refractivity contribution in [2.45, 2.75) is 11.4 Å². The molecular weight excluding hydrogens is 394 g/mol. The number of anilines is 1. The third-order valence-corrected chi connectivity index (χ3v) is 5.57. The van der Waals surface area contributed by atoms with Crippen LogP contribution in [0, 0.1) is 0 Å². The van der Waals surface area contributed by atoms with Crippen molar-refractivity contribution in [1.29, 1.82) is 0 Å². The minimum atomic E-state index is -3.89. The summed E-state index contributed by atoms with van der Waals surface area (Å²) >= 11 is 0. The van der Waals surface area contributed by atoms with Gasteiger partial charge in [-0.3, -0.25) is 14.5 Å². The Labute approximate surface area is 167 Å². The van der Waals surface area contributed by atoms with Crippen LogP contribution in [0.3, 0.4) is 0 Å². The van der Waals surface area contributed by atoms with Crippen molar-refractivity contribution >= 4 is 21.6 Å². The van der Waals surface area contributed by atoms with Crippen LogP contribution >= 0.6 is 0 Å². The predicted molar refractivity (Wildman–Crippen MR) is 105 cm³/mol. The normalized spacial score (nSPS) is 12.4. The second kappa shape index (κ2) is 7.80. The molecule has 0 radical (unpaired) electrons. The number of rotatable bonds is 6. The van der Waals surface area contributed by atoms with Crippen LogP contribution in [0.15, 0.2) is 71.8 Å². The van der Waals surface area contributed by atoms with E-state index >= 15 is 0 Å². The van der Waals surface area contributed by atoms with E-state index < -0.39 is 15.9 Å². The summed E-state index contributed by atoms with van der Waals surface area (Å²) < 4.78 is 38.4. The molecule has 0 bridgehead atoms. The van der Waals surface area contributed by atoms with Gasteiger partial charge in [-0.05, 0) is 42.5 Å². The quantitative estimate of drug-likeness (QED) is 0.646. The van der Waals surface area contributed by atoms with Crippen LogP contribution in [0.5, 0.6) is 11.5 Å². The lowest BCUT2D eigenvalue weighted by molar-refractivity contribution is 0.0950. The SMILES string of the molecule is O=C(NCc1ccccn1)c1cccc(S(=O)(=O)Nc2ccc3c(c2)OCO3)c1. The Balaban J connectivity index is 1.49. The van der Waals surface area contributed by atoms with Crippen LogP contribution in [0.4, 0.5) is 5.69 Å². The molecule has 0 fully saturated rings. The van der Waals surface area contributed by atoms with Gasteiger partial charge in [-0.2, -0.15) is 0 Å². The zero-order valence-electron chi connectivity index (χ0n) is 15.2. The van der Waals surface area contributed by atoms with Gasteiger partial charge in [-0.15, -0.1) is 0 Å². The van der Waals surface area contributed by atoms with Gasteiger partial charge in [-0.1, -0.05) is 12.1 Å². The molecule has 2 aromatic carbocycles. The van der Waals surface area contributed by atoms with Crippen molar-refractivity contribution in [1.82, 2.24) is 10.3 Å². The van der Waals surface area contributed by atoms with Gasteiger partial charge in [0, 0.05) is 17.8 Å². The summed E-state index contributed by atoms with van der Waals surface area (Å²) in [5.41, 5.74) is 1.27. The summed E-state index contributed by atoms with van der Waals surface area (Å²) in [7, 11) is -3.89. The number of ether oxygens (including phenoxy) is 2. The number of aromatic nitrogens is 1. The molecular formula is C20H17N3O5S. The second-order valence-electron chi connectivity index (χ2n) is 6.21. The maximum Gasteiger partial charge on any atom is 0.261 e. The Morgan fingerprint density at radius 1 is 1.00 bits per heavy atom. The molecule has 8 nitrogen and oxygen atoms in total. The summed E-state index contributed by atoms with van der Waals surface area (Å²) in [5, 5.41) is 2.72. The van der Waals surface area contributed by atoms with Crippen molar-refractivity contribution in [3.8, 4) is 11.5 Å². The molecule has 1 aliphatic heterocycles. The molecule has 9 heteroatoms. The van der Waals surface area contributed by atoms with E-state index in [0.717, 1.165) is 0 Å². The lowest BCUT2D eigenvalue weighted by atomic mass is 10.2. The third kappa shape index (κ3) is 4.30. The number of carbonyl (C=O) groups is 1. The average Bonchev–Trinajstić information content (AvgIpc) is 3.20. The Hall–Kier alpha value is -3.59. The Morgan fingerprint density at radius 2 is 1.86 bits per heavy atom. The van der Waals surface area contributed by atoms with E-state index in [9.17, 15) is 13.2 Å². The summed E-state index contributed by atoms with van der Waals surface area (Å²) in [4.78, 5) is 16.5. The number of pyridine rings is 1. The molecule has 148 valence electrons. The van der Waals surface area contributed by atoms with Gasteiger partial charge in [0.05, 0.1) is 22.8 Å². The lowest BCUT2D eigenvalue weighted by Gasteiger charge is -2.10. The van der Waals surface area contributed by atoms with Crippen LogP contribution in [-0.2, 0) is 16.6 Å². The molecule has 0 aliphatic carbocycles. The van der Waals surface area contributed by atoms with Gasteiger partial charge in [0.25, 0.3) is 15.9 Å². The molecule has 2 heterocycles. The molecule has 0 saturated carbocycles. The summed E-state index contributed by atoms with van der Waals surface area (Å²) in [5.74, 6) is 0.628. The van der Waals surface area contributed by atoms with E-state index in [1.807, 2.05) is 6.07 Å². The van der Waals surface area contributed by atoms with Crippen LogP contribution in [0.1, 0.15) is 16.1 Å². The largest absolute Gasteiger partial charge is 0.454 e. The first-order valence-corrected chi connectivity index (χ1v) is 10.2. The van der Waals surface area contributed by atoms with E-state index in [1.165, 1.54) is 18.2 Å². The first-order valence-electron chi connectivity index (χ1n) is 8.72. The van der Waals surface area contributed by atoms with Crippen molar-refractivity contribution < 1.29 is 22.7 Å². The molecule has 1 aliphatic rings. The highest BCUT2D eigenvalue weighted by Crippen LogP contribution is 2.34. The first-order chi connectivity index (χ1) is 14.0. The molecule has 0 spiro atoms. The Morgan fingerprint density at radius 3 is 2.69 bits per heavy atom. The number of nitrogens with one attached hydrogen (secondary N) is 2. The van der Waals surface area contributed by atoms with Gasteiger partial charge in [0.1, 0.15) is 0 Å². The highest BCUT2D eigenvalue weighted by atomic mass is 32.2. The fourth-order valence-corrected chi connectivity index (χ4v) is 3.85. The number of fused-ring (bicyclic) bond motifs is 1. The predicted octanol–water partition coefficient (Wildman–Crippen LogP) is 2.54. The van der Waals surface area contributed by atoms with Gasteiger partial charge < -0.3 is 14.8 Å². The van der Waals surface area contributed by atoms with Crippen molar-refractivity contribution in [3.05, 3.63) is 78.1 Å². The maximum atomic E-state index is 12.7.